The molecule has 0 atom stereocenters. The third kappa shape index (κ3) is 27.8. The summed E-state index contributed by atoms with van der Waals surface area (Å²) < 4.78 is 33.0. The summed E-state index contributed by atoms with van der Waals surface area (Å²) in [7, 11) is 0. The molecule has 6 heteroatoms. The monoisotopic (exact) mass is 420 g/mol. The van der Waals surface area contributed by atoms with E-state index in [1.807, 2.05) is 0 Å². The van der Waals surface area contributed by atoms with Crippen LogP contribution >= 0.6 is 0 Å². The van der Waals surface area contributed by atoms with E-state index in [-0.39, 0.29) is 0 Å². The molecule has 0 aliphatic heterocycles. The third-order valence-corrected chi connectivity index (χ3v) is 4.35. The lowest BCUT2D eigenvalue weighted by Gasteiger charge is -2.08. The molecule has 29 heavy (non-hydrogen) atoms. The fourth-order valence-electron chi connectivity index (χ4n) is 2.61. The van der Waals surface area contributed by atoms with Gasteiger partial charge in [0.05, 0.1) is 52.9 Å². The summed E-state index contributed by atoms with van der Waals surface area (Å²) >= 11 is 0. The lowest BCUT2D eigenvalue weighted by atomic mass is 10.2. The van der Waals surface area contributed by atoms with Gasteiger partial charge >= 0.3 is 0 Å². The van der Waals surface area contributed by atoms with Crippen LogP contribution in [0, 0.1) is 0 Å². The third-order valence-electron chi connectivity index (χ3n) is 4.35. The molecule has 0 unspecified atom stereocenters. The van der Waals surface area contributed by atoms with Crippen LogP contribution in [0.15, 0.2) is 0 Å². The molecule has 0 aromatic carbocycles. The van der Waals surface area contributed by atoms with E-state index in [1.54, 1.807) is 0 Å². The molecule has 0 aromatic rings. The first-order valence-electron chi connectivity index (χ1n) is 11.9. The van der Waals surface area contributed by atoms with Gasteiger partial charge in [0.25, 0.3) is 0 Å². The van der Waals surface area contributed by atoms with Crippen LogP contribution in [-0.2, 0) is 28.4 Å². The van der Waals surface area contributed by atoms with Gasteiger partial charge in [-0.05, 0) is 19.3 Å². The van der Waals surface area contributed by atoms with E-state index in [0.717, 1.165) is 32.5 Å². The molecule has 0 bridgehead atoms. The average Bonchev–Trinajstić information content (AvgIpc) is 2.74. The molecule has 0 aliphatic rings. The zero-order valence-electron chi connectivity index (χ0n) is 19.3. The molecule has 0 aromatic heterocycles. The van der Waals surface area contributed by atoms with Crippen LogP contribution in [0.1, 0.15) is 71.6 Å². The van der Waals surface area contributed by atoms with Gasteiger partial charge in [0.1, 0.15) is 0 Å². The van der Waals surface area contributed by atoms with Gasteiger partial charge in [-0.25, -0.2) is 0 Å². The molecule has 0 saturated carbocycles. The second-order valence-electron chi connectivity index (χ2n) is 7.15. The van der Waals surface area contributed by atoms with Gasteiger partial charge < -0.3 is 28.4 Å². The standard InChI is InChI=1S/C23H48O6/c1-3-5-7-9-12-24-16-20-28-22-18-26-14-11-15-27-19-23-29-21-17-25-13-10-8-6-4-2/h3-23H2,1-2H3. The normalized spacial score (nSPS) is 11.4. The molecule has 0 N–H and O–H groups in total. The lowest BCUT2D eigenvalue weighted by molar-refractivity contribution is -0.000454. The number of unbranched alkanes of at least 4 members (excludes halogenated alkanes) is 6. The first kappa shape index (κ1) is 28.8. The van der Waals surface area contributed by atoms with Crippen molar-refractivity contribution in [2.24, 2.45) is 0 Å². The maximum absolute atomic E-state index is 5.52. The number of rotatable bonds is 26. The van der Waals surface area contributed by atoms with Crippen molar-refractivity contribution in [3.05, 3.63) is 0 Å². The first-order valence-corrected chi connectivity index (χ1v) is 11.9. The molecule has 0 radical (unpaired) electrons. The van der Waals surface area contributed by atoms with Crippen LogP contribution < -0.4 is 0 Å². The molecule has 0 amide bonds. The summed E-state index contributed by atoms with van der Waals surface area (Å²) in [5.74, 6) is 0. The Morgan fingerprint density at radius 1 is 0.276 bits per heavy atom. The smallest absolute Gasteiger partial charge is 0.0701 e. The Kier molecular flexibility index (Phi) is 27.5. The van der Waals surface area contributed by atoms with E-state index in [2.05, 4.69) is 13.8 Å². The molecule has 176 valence electrons. The highest BCUT2D eigenvalue weighted by Crippen LogP contribution is 1.99. The summed E-state index contributed by atoms with van der Waals surface area (Å²) in [6.45, 7) is 12.6. The van der Waals surface area contributed by atoms with Crippen molar-refractivity contribution in [3.63, 3.8) is 0 Å². The Morgan fingerprint density at radius 2 is 0.552 bits per heavy atom. The van der Waals surface area contributed by atoms with Crippen LogP contribution in [0.4, 0.5) is 0 Å². The van der Waals surface area contributed by atoms with Gasteiger partial charge in [-0.1, -0.05) is 52.4 Å². The van der Waals surface area contributed by atoms with Crippen LogP contribution in [0.5, 0.6) is 0 Å². The minimum atomic E-state index is 0.620. The van der Waals surface area contributed by atoms with Crippen molar-refractivity contribution < 1.29 is 28.4 Å². The lowest BCUT2D eigenvalue weighted by Crippen LogP contribution is -2.12. The Morgan fingerprint density at radius 3 is 0.862 bits per heavy atom. The van der Waals surface area contributed by atoms with E-state index in [4.69, 9.17) is 28.4 Å². The van der Waals surface area contributed by atoms with E-state index in [0.29, 0.717) is 66.1 Å². The number of hydrogen-bond donors (Lipinski definition) is 0. The molecule has 0 saturated heterocycles. The summed E-state index contributed by atoms with van der Waals surface area (Å²) in [6, 6.07) is 0. The highest BCUT2D eigenvalue weighted by atomic mass is 16.6. The number of hydrogen-bond acceptors (Lipinski definition) is 6. The van der Waals surface area contributed by atoms with Crippen molar-refractivity contribution in [1.82, 2.24) is 0 Å². The minimum Gasteiger partial charge on any atom is -0.379 e. The van der Waals surface area contributed by atoms with Crippen molar-refractivity contribution >= 4 is 0 Å². The molecule has 0 rings (SSSR count). The van der Waals surface area contributed by atoms with Crippen LogP contribution in [-0.4, -0.2) is 79.3 Å². The van der Waals surface area contributed by atoms with Gasteiger partial charge in [0.2, 0.25) is 0 Å². The molecular weight excluding hydrogens is 372 g/mol. The fourth-order valence-corrected chi connectivity index (χ4v) is 2.61. The average molecular weight is 421 g/mol. The topological polar surface area (TPSA) is 55.4 Å². The van der Waals surface area contributed by atoms with Crippen molar-refractivity contribution in [2.75, 3.05) is 79.3 Å². The largest absolute Gasteiger partial charge is 0.379 e. The molecular formula is C23H48O6. The zero-order valence-corrected chi connectivity index (χ0v) is 19.3. The summed E-state index contributed by atoms with van der Waals surface area (Å²) in [4.78, 5) is 0. The highest BCUT2D eigenvalue weighted by molar-refractivity contribution is 4.41. The predicted molar refractivity (Wildman–Crippen MR) is 118 cm³/mol. The molecule has 0 aliphatic carbocycles. The summed E-state index contributed by atoms with van der Waals surface area (Å²) in [5.41, 5.74) is 0. The predicted octanol–water partition coefficient (Wildman–Crippen LogP) is 4.64. The minimum absolute atomic E-state index is 0.620. The maximum Gasteiger partial charge on any atom is 0.0701 e. The van der Waals surface area contributed by atoms with Gasteiger partial charge in [0.15, 0.2) is 0 Å². The SMILES string of the molecule is CCCCCCOCCOCCOCCCOCCOCCOCCCCCC. The van der Waals surface area contributed by atoms with E-state index < -0.39 is 0 Å². The molecule has 0 fully saturated rings. The second kappa shape index (κ2) is 27.8. The first-order chi connectivity index (χ1) is 14.4. The fraction of sp³-hybridized carbons (Fsp3) is 1.00. The van der Waals surface area contributed by atoms with E-state index >= 15 is 0 Å². The Labute approximate surface area is 179 Å². The Balaban J connectivity index is 2.97. The quantitative estimate of drug-likeness (QED) is 0.190. The van der Waals surface area contributed by atoms with Gasteiger partial charge in [-0.3, -0.25) is 0 Å². The molecule has 0 spiro atoms. The van der Waals surface area contributed by atoms with Crippen LogP contribution in [0.2, 0.25) is 0 Å². The zero-order chi connectivity index (χ0) is 21.1. The van der Waals surface area contributed by atoms with Crippen molar-refractivity contribution in [3.8, 4) is 0 Å². The molecule has 6 nitrogen and oxygen atoms in total. The Bertz CT molecular complexity index is 252. The van der Waals surface area contributed by atoms with Crippen molar-refractivity contribution in [2.45, 2.75) is 71.6 Å². The van der Waals surface area contributed by atoms with Gasteiger partial charge in [-0.15, -0.1) is 0 Å². The maximum atomic E-state index is 5.52. The van der Waals surface area contributed by atoms with Crippen LogP contribution in [0.25, 0.3) is 0 Å². The van der Waals surface area contributed by atoms with Gasteiger partial charge in [0, 0.05) is 26.4 Å². The van der Waals surface area contributed by atoms with Crippen molar-refractivity contribution in [1.29, 1.82) is 0 Å². The molecule has 0 heterocycles. The van der Waals surface area contributed by atoms with E-state index in [9.17, 15) is 0 Å². The summed E-state index contributed by atoms with van der Waals surface area (Å²) in [5, 5.41) is 0. The highest BCUT2D eigenvalue weighted by Gasteiger charge is 1.95. The number of ether oxygens (including phenoxy) is 6. The van der Waals surface area contributed by atoms with Crippen LogP contribution in [0.3, 0.4) is 0 Å². The van der Waals surface area contributed by atoms with Gasteiger partial charge in [-0.2, -0.15) is 0 Å². The van der Waals surface area contributed by atoms with E-state index in [1.165, 1.54) is 38.5 Å². The second-order valence-corrected chi connectivity index (χ2v) is 7.15. The Hall–Kier alpha value is -0.240. The summed E-state index contributed by atoms with van der Waals surface area (Å²) in [6.07, 6.45) is 10.8.